The van der Waals surface area contributed by atoms with Gasteiger partial charge in [0.25, 0.3) is 0 Å². The van der Waals surface area contributed by atoms with Crippen LogP contribution in [0.3, 0.4) is 0 Å². The molecule has 0 saturated heterocycles. The van der Waals surface area contributed by atoms with Crippen LogP contribution in [-0.4, -0.2) is 17.5 Å². The van der Waals surface area contributed by atoms with Crippen molar-refractivity contribution in [2.75, 3.05) is 0 Å². The van der Waals surface area contributed by atoms with Gasteiger partial charge in [-0.15, -0.1) is 0 Å². The third-order valence-electron chi connectivity index (χ3n) is 1.52. The van der Waals surface area contributed by atoms with Crippen molar-refractivity contribution in [2.45, 2.75) is 20.0 Å². The molecule has 0 aliphatic rings. The number of hydrogen-bond acceptors (Lipinski definition) is 3. The zero-order valence-electron chi connectivity index (χ0n) is 7.65. The van der Waals surface area contributed by atoms with Crippen LogP contribution >= 0.6 is 0 Å². The van der Waals surface area contributed by atoms with Crippen LogP contribution in [0.4, 0.5) is 0 Å². The number of carbonyl (C=O) groups excluding carboxylic acids is 1. The summed E-state index contributed by atoms with van der Waals surface area (Å²) in [5.41, 5.74) is 0.205. The van der Waals surface area contributed by atoms with E-state index in [0.717, 1.165) is 0 Å². The van der Waals surface area contributed by atoms with Crippen LogP contribution in [0.25, 0.3) is 0 Å². The third kappa shape index (κ3) is 2.21. The van der Waals surface area contributed by atoms with Crippen LogP contribution in [-0.2, 0) is 0 Å². The second-order valence-electron chi connectivity index (χ2n) is 2.97. The van der Waals surface area contributed by atoms with E-state index < -0.39 is 0 Å². The van der Waals surface area contributed by atoms with Gasteiger partial charge in [-0.05, 0) is 26.0 Å². The minimum absolute atomic E-state index is 0.0134. The van der Waals surface area contributed by atoms with Crippen LogP contribution < -0.4 is 4.74 Å². The molecular formula is C10H12O3. The quantitative estimate of drug-likeness (QED) is 0.723. The van der Waals surface area contributed by atoms with E-state index >= 15 is 0 Å². The minimum atomic E-state index is -0.0480. The minimum Gasteiger partial charge on any atom is -0.507 e. The summed E-state index contributed by atoms with van der Waals surface area (Å²) in [5.74, 6) is 0.373. The number of ether oxygens (including phenoxy) is 1. The molecule has 0 bridgehead atoms. The molecule has 0 aromatic heterocycles. The molecule has 0 aliphatic carbocycles. The second kappa shape index (κ2) is 3.94. The highest BCUT2D eigenvalue weighted by Crippen LogP contribution is 2.25. The van der Waals surface area contributed by atoms with Gasteiger partial charge < -0.3 is 9.84 Å². The van der Waals surface area contributed by atoms with Gasteiger partial charge in [-0.1, -0.05) is 6.07 Å². The summed E-state index contributed by atoms with van der Waals surface area (Å²) in [4.78, 5) is 10.6. The normalized spacial score (nSPS) is 10.1. The van der Waals surface area contributed by atoms with E-state index in [0.29, 0.717) is 12.0 Å². The summed E-state index contributed by atoms with van der Waals surface area (Å²) in [7, 11) is 0. The fraction of sp³-hybridized carbons (Fsp3) is 0.300. The molecule has 0 unspecified atom stereocenters. The van der Waals surface area contributed by atoms with E-state index in [2.05, 4.69) is 0 Å². The van der Waals surface area contributed by atoms with Gasteiger partial charge in [0, 0.05) is 0 Å². The van der Waals surface area contributed by atoms with E-state index in [4.69, 9.17) is 4.74 Å². The SMILES string of the molecule is CC(C)Oc1cccc(O)c1C=O. The van der Waals surface area contributed by atoms with E-state index in [-0.39, 0.29) is 17.4 Å². The summed E-state index contributed by atoms with van der Waals surface area (Å²) >= 11 is 0. The Morgan fingerprint density at radius 2 is 2.15 bits per heavy atom. The highest BCUT2D eigenvalue weighted by molar-refractivity contribution is 5.83. The number of aldehydes is 1. The highest BCUT2D eigenvalue weighted by Gasteiger charge is 2.08. The lowest BCUT2D eigenvalue weighted by molar-refractivity contribution is 0.111. The van der Waals surface area contributed by atoms with Gasteiger partial charge in [0.05, 0.1) is 11.7 Å². The van der Waals surface area contributed by atoms with Gasteiger partial charge in [0.1, 0.15) is 11.5 Å². The van der Waals surface area contributed by atoms with Crippen molar-refractivity contribution < 1.29 is 14.6 Å². The van der Waals surface area contributed by atoms with Crippen molar-refractivity contribution in [1.29, 1.82) is 0 Å². The van der Waals surface area contributed by atoms with Crippen LogP contribution in [0, 0.1) is 0 Å². The Morgan fingerprint density at radius 3 is 2.69 bits per heavy atom. The van der Waals surface area contributed by atoms with Crippen LogP contribution in [0.15, 0.2) is 18.2 Å². The Labute approximate surface area is 77.0 Å². The second-order valence-corrected chi connectivity index (χ2v) is 2.97. The van der Waals surface area contributed by atoms with E-state index in [1.165, 1.54) is 6.07 Å². The monoisotopic (exact) mass is 180 g/mol. The first-order valence-electron chi connectivity index (χ1n) is 4.09. The molecule has 70 valence electrons. The van der Waals surface area contributed by atoms with Gasteiger partial charge in [0.2, 0.25) is 0 Å². The summed E-state index contributed by atoms with van der Waals surface area (Å²) in [6.45, 7) is 3.72. The number of aromatic hydroxyl groups is 1. The molecule has 0 radical (unpaired) electrons. The molecule has 0 saturated carbocycles. The predicted molar refractivity (Wildman–Crippen MR) is 49.3 cm³/mol. The molecule has 0 atom stereocenters. The van der Waals surface area contributed by atoms with Gasteiger partial charge in [-0.3, -0.25) is 4.79 Å². The summed E-state index contributed by atoms with van der Waals surface area (Å²) in [6, 6.07) is 4.75. The maximum atomic E-state index is 10.6. The molecular weight excluding hydrogens is 168 g/mol. The molecule has 3 nitrogen and oxygen atoms in total. The molecule has 0 aliphatic heterocycles. The van der Waals surface area contributed by atoms with E-state index in [1.54, 1.807) is 12.1 Å². The smallest absolute Gasteiger partial charge is 0.157 e. The van der Waals surface area contributed by atoms with Crippen molar-refractivity contribution in [3.8, 4) is 11.5 Å². The van der Waals surface area contributed by atoms with E-state index in [1.807, 2.05) is 13.8 Å². The van der Waals surface area contributed by atoms with Gasteiger partial charge in [-0.25, -0.2) is 0 Å². The predicted octanol–water partition coefficient (Wildman–Crippen LogP) is 1.99. The fourth-order valence-electron chi connectivity index (χ4n) is 1.01. The van der Waals surface area contributed by atoms with E-state index in [9.17, 15) is 9.90 Å². The maximum Gasteiger partial charge on any atom is 0.157 e. The van der Waals surface area contributed by atoms with Crippen LogP contribution in [0.2, 0.25) is 0 Å². The van der Waals surface area contributed by atoms with Crippen LogP contribution in [0.1, 0.15) is 24.2 Å². The number of hydrogen-bond donors (Lipinski definition) is 1. The molecule has 1 aromatic rings. The standard InChI is InChI=1S/C10H12O3/c1-7(2)13-10-5-3-4-9(12)8(10)6-11/h3-7,12H,1-2H3. The zero-order chi connectivity index (χ0) is 9.84. The lowest BCUT2D eigenvalue weighted by Crippen LogP contribution is -2.07. The number of benzene rings is 1. The Bertz CT molecular complexity index is 305. The summed E-state index contributed by atoms with van der Waals surface area (Å²) in [6.07, 6.45) is 0.577. The number of phenolic OH excluding ortho intramolecular Hbond substituents is 1. The van der Waals surface area contributed by atoms with Crippen molar-refractivity contribution >= 4 is 6.29 Å². The van der Waals surface area contributed by atoms with Crippen molar-refractivity contribution in [3.05, 3.63) is 23.8 Å². The summed E-state index contributed by atoms with van der Waals surface area (Å²) < 4.78 is 5.33. The summed E-state index contributed by atoms with van der Waals surface area (Å²) in [5, 5.41) is 9.29. The van der Waals surface area contributed by atoms with Gasteiger partial charge in [0.15, 0.2) is 6.29 Å². The fourth-order valence-corrected chi connectivity index (χ4v) is 1.01. The van der Waals surface area contributed by atoms with Gasteiger partial charge >= 0.3 is 0 Å². The maximum absolute atomic E-state index is 10.6. The number of phenols is 1. The first-order valence-corrected chi connectivity index (χ1v) is 4.09. The van der Waals surface area contributed by atoms with Gasteiger partial charge in [-0.2, -0.15) is 0 Å². The molecule has 0 amide bonds. The largest absolute Gasteiger partial charge is 0.507 e. The Kier molecular flexibility index (Phi) is 2.90. The Hall–Kier alpha value is -1.51. The highest BCUT2D eigenvalue weighted by atomic mass is 16.5. The van der Waals surface area contributed by atoms with Crippen LogP contribution in [0.5, 0.6) is 11.5 Å². The first-order chi connectivity index (χ1) is 6.15. The molecule has 1 rings (SSSR count). The molecule has 3 heteroatoms. The molecule has 0 fully saturated rings. The van der Waals surface area contributed by atoms with Crippen molar-refractivity contribution in [1.82, 2.24) is 0 Å². The Balaban J connectivity index is 3.05. The average molecular weight is 180 g/mol. The first kappa shape index (κ1) is 9.58. The molecule has 0 heterocycles. The molecule has 13 heavy (non-hydrogen) atoms. The number of rotatable bonds is 3. The Morgan fingerprint density at radius 1 is 1.46 bits per heavy atom. The lowest BCUT2D eigenvalue weighted by atomic mass is 10.2. The topological polar surface area (TPSA) is 46.5 Å². The third-order valence-corrected chi connectivity index (χ3v) is 1.52. The zero-order valence-corrected chi connectivity index (χ0v) is 7.65. The lowest BCUT2D eigenvalue weighted by Gasteiger charge is -2.11. The molecule has 0 spiro atoms. The number of carbonyl (C=O) groups is 1. The molecule has 1 N–H and O–H groups in total. The van der Waals surface area contributed by atoms with Crippen molar-refractivity contribution in [3.63, 3.8) is 0 Å². The van der Waals surface area contributed by atoms with Crippen molar-refractivity contribution in [2.24, 2.45) is 0 Å². The molecule has 1 aromatic carbocycles. The average Bonchev–Trinajstić information content (AvgIpc) is 2.03.